The lowest BCUT2D eigenvalue weighted by Crippen LogP contribution is -2.33. The lowest BCUT2D eigenvalue weighted by Gasteiger charge is -2.27. The standard InChI is InChI=1S/C31H33BrN9O5PS/c1-45-26-13-21(27-16-33-10-11-46-27)20(18-14-37-41(17-18)48(43,44)19-4-5-19)12-25(26)39-31-36-15-22(32)30(40-31)38-24-7-6-23-28(35-9-8-34-23)29(24)47(2,3)42/h6-9,12-15,17,19,27,33H,4-5,10-11,16H2,1-3H3,(H2,36,38,39,40). The average molecular weight is 755 g/mol. The summed E-state index contributed by atoms with van der Waals surface area (Å²) in [5.74, 6) is 1.18. The van der Waals surface area contributed by atoms with Gasteiger partial charge in [-0.3, -0.25) is 9.97 Å². The number of methoxy groups -OCH3 is 1. The summed E-state index contributed by atoms with van der Waals surface area (Å²) in [6, 6.07) is 7.37. The zero-order chi connectivity index (χ0) is 33.6. The molecule has 1 saturated carbocycles. The van der Waals surface area contributed by atoms with Crippen LogP contribution in [-0.2, 0) is 19.3 Å². The Morgan fingerprint density at radius 3 is 2.62 bits per heavy atom. The Bertz CT molecular complexity index is 2180. The minimum absolute atomic E-state index is 0.249. The van der Waals surface area contributed by atoms with Crippen molar-refractivity contribution in [3.8, 4) is 16.9 Å². The number of hydrogen-bond donors (Lipinski definition) is 3. The normalized spacial score (nSPS) is 17.0. The van der Waals surface area contributed by atoms with Crippen LogP contribution in [0.4, 0.5) is 23.1 Å². The van der Waals surface area contributed by atoms with E-state index in [-0.39, 0.29) is 12.1 Å². The van der Waals surface area contributed by atoms with E-state index in [1.165, 1.54) is 0 Å². The van der Waals surface area contributed by atoms with Gasteiger partial charge in [-0.15, -0.1) is 0 Å². The molecule has 14 nitrogen and oxygen atoms in total. The maximum absolute atomic E-state index is 13.5. The summed E-state index contributed by atoms with van der Waals surface area (Å²) in [6.07, 6.45) is 8.85. The van der Waals surface area contributed by atoms with Gasteiger partial charge in [-0.25, -0.2) is 13.4 Å². The zero-order valence-electron chi connectivity index (χ0n) is 26.3. The van der Waals surface area contributed by atoms with Crippen molar-refractivity contribution in [3.63, 3.8) is 0 Å². The molecule has 2 fully saturated rings. The minimum atomic E-state index is -3.56. The molecule has 3 aromatic heterocycles. The van der Waals surface area contributed by atoms with Crippen LogP contribution in [-0.4, -0.2) is 82.9 Å². The van der Waals surface area contributed by atoms with Crippen LogP contribution in [0.1, 0.15) is 24.5 Å². The Morgan fingerprint density at radius 2 is 1.90 bits per heavy atom. The van der Waals surface area contributed by atoms with Crippen molar-refractivity contribution in [1.82, 2.24) is 34.4 Å². The second-order valence-electron chi connectivity index (χ2n) is 11.9. The van der Waals surface area contributed by atoms with Gasteiger partial charge in [-0.1, -0.05) is 0 Å². The molecule has 17 heteroatoms. The quantitative estimate of drug-likeness (QED) is 0.166. The molecule has 2 aromatic carbocycles. The molecule has 1 unspecified atom stereocenters. The molecule has 5 aromatic rings. The van der Waals surface area contributed by atoms with E-state index in [1.807, 2.05) is 24.3 Å². The average Bonchev–Trinajstić information content (AvgIpc) is 3.83. The summed E-state index contributed by atoms with van der Waals surface area (Å²) in [5.41, 5.74) is 4.49. The first-order valence-electron chi connectivity index (χ1n) is 15.2. The SMILES string of the molecule is COc1cc(C2CNCCO2)c(-c2cnn(S(=O)(=O)C3CC3)c2)cc1Nc1ncc(Br)c(Nc2ccc3nccnc3c2P(C)(C)=O)n1. The molecule has 3 N–H and O–H groups in total. The van der Waals surface area contributed by atoms with Crippen molar-refractivity contribution in [2.45, 2.75) is 24.2 Å². The first-order chi connectivity index (χ1) is 23.0. The van der Waals surface area contributed by atoms with Gasteiger partial charge in [0.15, 0.2) is 0 Å². The van der Waals surface area contributed by atoms with E-state index in [1.54, 1.807) is 51.4 Å². The van der Waals surface area contributed by atoms with Gasteiger partial charge in [0.2, 0.25) is 5.95 Å². The molecule has 7 rings (SSSR count). The van der Waals surface area contributed by atoms with E-state index < -0.39 is 22.4 Å². The van der Waals surface area contributed by atoms with E-state index in [4.69, 9.17) is 14.5 Å². The molecule has 48 heavy (non-hydrogen) atoms. The van der Waals surface area contributed by atoms with E-state index in [9.17, 15) is 13.0 Å². The summed E-state index contributed by atoms with van der Waals surface area (Å²) < 4.78 is 52.9. The highest BCUT2D eigenvalue weighted by Crippen LogP contribution is 2.42. The highest BCUT2D eigenvalue weighted by molar-refractivity contribution is 9.10. The van der Waals surface area contributed by atoms with Gasteiger partial charge >= 0.3 is 0 Å². The number of anilines is 4. The molecule has 4 heterocycles. The van der Waals surface area contributed by atoms with Crippen molar-refractivity contribution in [2.75, 3.05) is 50.8 Å². The lowest BCUT2D eigenvalue weighted by molar-refractivity contribution is 0.0279. The van der Waals surface area contributed by atoms with Crippen molar-refractivity contribution < 1.29 is 22.5 Å². The summed E-state index contributed by atoms with van der Waals surface area (Å²) in [4.78, 5) is 18.0. The van der Waals surface area contributed by atoms with Gasteiger partial charge in [0, 0.05) is 37.2 Å². The summed E-state index contributed by atoms with van der Waals surface area (Å²) >= 11 is 3.54. The number of morpholine rings is 1. The molecule has 1 atom stereocenters. The monoisotopic (exact) mass is 753 g/mol. The van der Waals surface area contributed by atoms with Crippen LogP contribution in [0, 0.1) is 0 Å². The van der Waals surface area contributed by atoms with E-state index >= 15 is 0 Å². The molecule has 0 radical (unpaired) electrons. The van der Waals surface area contributed by atoms with Crippen LogP contribution in [0.2, 0.25) is 0 Å². The highest BCUT2D eigenvalue weighted by atomic mass is 79.9. The fourth-order valence-corrected chi connectivity index (χ4v) is 8.84. The van der Waals surface area contributed by atoms with E-state index in [0.717, 1.165) is 21.8 Å². The number of ether oxygens (including phenoxy) is 2. The number of rotatable bonds is 10. The molecule has 0 bridgehead atoms. The number of benzene rings is 2. The van der Waals surface area contributed by atoms with Crippen LogP contribution in [0.25, 0.3) is 22.2 Å². The molecule has 0 spiro atoms. The van der Waals surface area contributed by atoms with Gasteiger partial charge < -0.3 is 30.0 Å². The van der Waals surface area contributed by atoms with Crippen molar-refractivity contribution in [3.05, 3.63) is 65.3 Å². The Labute approximate surface area is 285 Å². The Hall–Kier alpha value is -3.95. The molecular formula is C31H33BrN9O5PS. The number of halogens is 1. The third-order valence-corrected chi connectivity index (χ3v) is 12.3. The summed E-state index contributed by atoms with van der Waals surface area (Å²) in [5, 5.41) is 14.3. The highest BCUT2D eigenvalue weighted by Gasteiger charge is 2.38. The largest absolute Gasteiger partial charge is 0.495 e. The van der Waals surface area contributed by atoms with Crippen molar-refractivity contribution in [2.24, 2.45) is 0 Å². The fraction of sp³-hybridized carbons (Fsp3) is 0.323. The third-order valence-electron chi connectivity index (χ3n) is 8.12. The minimum Gasteiger partial charge on any atom is -0.495 e. The van der Waals surface area contributed by atoms with Gasteiger partial charge in [-0.05, 0) is 77.5 Å². The number of aromatic nitrogens is 6. The number of hydrogen-bond acceptors (Lipinski definition) is 13. The molecule has 0 amide bonds. The topological polar surface area (TPSA) is 175 Å². The van der Waals surface area contributed by atoms with E-state index in [2.05, 4.69) is 51.9 Å². The van der Waals surface area contributed by atoms with Crippen LogP contribution < -0.4 is 26.0 Å². The van der Waals surface area contributed by atoms with Crippen molar-refractivity contribution >= 4 is 72.6 Å². The predicted molar refractivity (Wildman–Crippen MR) is 188 cm³/mol. The smallest absolute Gasteiger partial charge is 0.256 e. The molecule has 1 aliphatic carbocycles. The molecule has 1 saturated heterocycles. The summed E-state index contributed by atoms with van der Waals surface area (Å²) in [6.45, 7) is 5.22. The molecular weight excluding hydrogens is 721 g/mol. The molecule has 1 aliphatic heterocycles. The maximum Gasteiger partial charge on any atom is 0.256 e. The van der Waals surface area contributed by atoms with Crippen molar-refractivity contribution in [1.29, 1.82) is 0 Å². The lowest BCUT2D eigenvalue weighted by atomic mass is 9.96. The van der Waals surface area contributed by atoms with Gasteiger partial charge in [0.25, 0.3) is 10.0 Å². The Balaban J connectivity index is 1.27. The predicted octanol–water partition coefficient (Wildman–Crippen LogP) is 4.79. The van der Waals surface area contributed by atoms with Crippen LogP contribution in [0.15, 0.2) is 59.7 Å². The number of fused-ring (bicyclic) bond motifs is 1. The van der Waals surface area contributed by atoms with Crippen LogP contribution in [0.5, 0.6) is 5.75 Å². The Kier molecular flexibility index (Phi) is 8.71. The molecule has 250 valence electrons. The summed E-state index contributed by atoms with van der Waals surface area (Å²) in [7, 11) is -4.80. The van der Waals surface area contributed by atoms with Gasteiger partial charge in [0.1, 0.15) is 24.2 Å². The third kappa shape index (κ3) is 6.42. The van der Waals surface area contributed by atoms with Gasteiger partial charge in [-0.2, -0.15) is 14.2 Å². The first-order valence-corrected chi connectivity index (χ1v) is 20.1. The fourth-order valence-electron chi connectivity index (χ4n) is 5.68. The first kappa shape index (κ1) is 32.6. The number of nitrogens with zero attached hydrogens (tertiary/aromatic N) is 6. The number of nitrogens with one attached hydrogen (secondary N) is 3. The van der Waals surface area contributed by atoms with E-state index in [0.29, 0.717) is 75.3 Å². The van der Waals surface area contributed by atoms with Crippen LogP contribution >= 0.6 is 23.1 Å². The second-order valence-corrected chi connectivity index (χ2v) is 18.0. The zero-order valence-corrected chi connectivity index (χ0v) is 29.6. The van der Waals surface area contributed by atoms with Crippen LogP contribution in [0.3, 0.4) is 0 Å². The second kappa shape index (κ2) is 12.8. The maximum atomic E-state index is 13.5. The molecule has 2 aliphatic rings. The van der Waals surface area contributed by atoms with Gasteiger partial charge in [0.05, 0.1) is 64.1 Å². The Morgan fingerprint density at radius 1 is 1.08 bits per heavy atom.